The van der Waals surface area contributed by atoms with Gasteiger partial charge in [-0.05, 0) is 42.7 Å². The zero-order valence-corrected chi connectivity index (χ0v) is 17.7. The molecule has 8 nitrogen and oxygen atoms in total. The molecule has 2 aromatic heterocycles. The summed E-state index contributed by atoms with van der Waals surface area (Å²) in [5, 5.41) is 6.84. The molecule has 0 atom stereocenters. The Labute approximate surface area is 174 Å². The molecule has 0 aliphatic rings. The standard InChI is InChI=1S/C22H25N3O5/c1-13(2)15-6-8-16(9-7-15)29-12-17-10-11-18(30-17)21(26)23-19-14(3)24-25(4)20(19)22(27)28-5/h6-11,13H,12H2,1-5H3,(H,23,26). The normalized spacial score (nSPS) is 10.9. The number of carbonyl (C=O) groups is 2. The smallest absolute Gasteiger partial charge is 0.358 e. The lowest BCUT2D eigenvalue weighted by Gasteiger charge is -2.08. The molecule has 0 aliphatic heterocycles. The van der Waals surface area contributed by atoms with Crippen LogP contribution >= 0.6 is 0 Å². The molecule has 0 unspecified atom stereocenters. The minimum Gasteiger partial charge on any atom is -0.486 e. The maximum absolute atomic E-state index is 12.6. The first-order valence-corrected chi connectivity index (χ1v) is 9.55. The minimum atomic E-state index is -0.592. The average Bonchev–Trinajstić information content (AvgIpc) is 3.30. The number of hydrogen-bond donors (Lipinski definition) is 1. The summed E-state index contributed by atoms with van der Waals surface area (Å²) in [5.74, 6) is 0.685. The van der Waals surface area contributed by atoms with Gasteiger partial charge in [0.1, 0.15) is 18.1 Å². The number of esters is 1. The van der Waals surface area contributed by atoms with Gasteiger partial charge in [0.2, 0.25) is 0 Å². The maximum Gasteiger partial charge on any atom is 0.358 e. The van der Waals surface area contributed by atoms with Gasteiger partial charge in [-0.25, -0.2) is 4.79 Å². The van der Waals surface area contributed by atoms with E-state index in [9.17, 15) is 9.59 Å². The number of furan rings is 1. The molecule has 0 aliphatic carbocycles. The van der Waals surface area contributed by atoms with Crippen LogP contribution in [0, 0.1) is 6.92 Å². The van der Waals surface area contributed by atoms with E-state index in [0.717, 1.165) is 5.75 Å². The van der Waals surface area contributed by atoms with E-state index >= 15 is 0 Å². The van der Waals surface area contributed by atoms with Gasteiger partial charge in [0.05, 0.1) is 18.5 Å². The second-order valence-electron chi connectivity index (χ2n) is 7.16. The zero-order chi connectivity index (χ0) is 21.8. The predicted molar refractivity (Wildman–Crippen MR) is 111 cm³/mol. The average molecular weight is 411 g/mol. The van der Waals surface area contributed by atoms with Crippen molar-refractivity contribution in [3.8, 4) is 5.75 Å². The van der Waals surface area contributed by atoms with Gasteiger partial charge in [0.15, 0.2) is 11.5 Å². The van der Waals surface area contributed by atoms with Crippen LogP contribution in [0.15, 0.2) is 40.8 Å². The van der Waals surface area contributed by atoms with E-state index in [0.29, 0.717) is 17.4 Å². The van der Waals surface area contributed by atoms with Crippen molar-refractivity contribution in [2.24, 2.45) is 7.05 Å². The topological polar surface area (TPSA) is 95.6 Å². The first kappa shape index (κ1) is 21.2. The lowest BCUT2D eigenvalue weighted by atomic mass is 10.0. The van der Waals surface area contributed by atoms with E-state index in [2.05, 4.69) is 24.3 Å². The quantitative estimate of drug-likeness (QED) is 0.589. The van der Waals surface area contributed by atoms with Gasteiger partial charge in [0.25, 0.3) is 5.91 Å². The van der Waals surface area contributed by atoms with Crippen molar-refractivity contribution in [2.45, 2.75) is 33.3 Å². The Morgan fingerprint density at radius 3 is 2.50 bits per heavy atom. The molecule has 1 amide bonds. The minimum absolute atomic E-state index is 0.0998. The second-order valence-corrected chi connectivity index (χ2v) is 7.16. The Hall–Kier alpha value is -3.55. The molecule has 30 heavy (non-hydrogen) atoms. The van der Waals surface area contributed by atoms with Crippen LogP contribution in [0.3, 0.4) is 0 Å². The molecule has 0 saturated carbocycles. The van der Waals surface area contributed by atoms with E-state index < -0.39 is 11.9 Å². The molecular weight excluding hydrogens is 386 g/mol. The highest BCUT2D eigenvalue weighted by Crippen LogP contribution is 2.23. The molecular formula is C22H25N3O5. The molecule has 158 valence electrons. The molecule has 1 N–H and O–H groups in total. The molecule has 3 aromatic rings. The van der Waals surface area contributed by atoms with Gasteiger partial charge in [-0.3, -0.25) is 9.48 Å². The van der Waals surface area contributed by atoms with Gasteiger partial charge < -0.3 is 19.2 Å². The molecule has 0 radical (unpaired) electrons. The highest BCUT2D eigenvalue weighted by molar-refractivity contribution is 6.06. The van der Waals surface area contributed by atoms with Crippen LogP contribution in [-0.4, -0.2) is 28.8 Å². The highest BCUT2D eigenvalue weighted by Gasteiger charge is 2.23. The van der Waals surface area contributed by atoms with Crippen LogP contribution in [-0.2, 0) is 18.4 Å². The van der Waals surface area contributed by atoms with Crippen molar-refractivity contribution in [3.63, 3.8) is 0 Å². The SMILES string of the molecule is COC(=O)c1c(NC(=O)c2ccc(COc3ccc(C(C)C)cc3)o2)c(C)nn1C. The van der Waals surface area contributed by atoms with Gasteiger partial charge in [-0.1, -0.05) is 26.0 Å². The number of benzene rings is 1. The number of aromatic nitrogens is 2. The number of anilines is 1. The van der Waals surface area contributed by atoms with Crippen LogP contribution in [0.5, 0.6) is 5.75 Å². The third-order valence-electron chi connectivity index (χ3n) is 4.65. The fourth-order valence-electron chi connectivity index (χ4n) is 2.99. The number of nitrogens with one attached hydrogen (secondary N) is 1. The van der Waals surface area contributed by atoms with Gasteiger partial charge in [-0.2, -0.15) is 5.10 Å². The molecule has 0 saturated heterocycles. The Balaban J connectivity index is 1.66. The number of nitrogens with zero attached hydrogens (tertiary/aromatic N) is 2. The van der Waals surface area contributed by atoms with Crippen molar-refractivity contribution in [2.75, 3.05) is 12.4 Å². The van der Waals surface area contributed by atoms with Crippen LogP contribution in [0.1, 0.15) is 57.8 Å². The Bertz CT molecular complexity index is 1050. The monoisotopic (exact) mass is 411 g/mol. The van der Waals surface area contributed by atoms with Gasteiger partial charge in [-0.15, -0.1) is 0 Å². The van der Waals surface area contributed by atoms with Crippen molar-refractivity contribution in [1.82, 2.24) is 9.78 Å². The lowest BCUT2D eigenvalue weighted by molar-refractivity contribution is 0.0589. The number of aryl methyl sites for hydroxylation is 2. The van der Waals surface area contributed by atoms with Crippen molar-refractivity contribution in [1.29, 1.82) is 0 Å². The molecule has 2 heterocycles. The Morgan fingerprint density at radius 1 is 1.17 bits per heavy atom. The van der Waals surface area contributed by atoms with Crippen LogP contribution in [0.25, 0.3) is 0 Å². The van der Waals surface area contributed by atoms with Crippen molar-refractivity contribution in [3.05, 3.63) is 64.9 Å². The van der Waals surface area contributed by atoms with E-state index in [1.54, 1.807) is 26.1 Å². The summed E-state index contributed by atoms with van der Waals surface area (Å²) in [6.45, 7) is 6.14. The molecule has 1 aromatic carbocycles. The van der Waals surface area contributed by atoms with E-state index in [1.807, 2.05) is 24.3 Å². The second kappa shape index (κ2) is 8.86. The van der Waals surface area contributed by atoms with Crippen LogP contribution < -0.4 is 10.1 Å². The summed E-state index contributed by atoms with van der Waals surface area (Å²) in [6.07, 6.45) is 0. The third kappa shape index (κ3) is 4.53. The van der Waals surface area contributed by atoms with Crippen LogP contribution in [0.4, 0.5) is 5.69 Å². The number of amides is 1. The molecule has 8 heteroatoms. The number of rotatable bonds is 7. The lowest BCUT2D eigenvalue weighted by Crippen LogP contribution is -2.16. The maximum atomic E-state index is 12.6. The number of carbonyl (C=O) groups excluding carboxylic acids is 2. The fourth-order valence-corrected chi connectivity index (χ4v) is 2.99. The molecule has 0 spiro atoms. The predicted octanol–water partition coefficient (Wildman–Crippen LogP) is 4.06. The summed E-state index contributed by atoms with van der Waals surface area (Å²) < 4.78 is 17.4. The number of ether oxygens (including phenoxy) is 2. The Kier molecular flexibility index (Phi) is 6.25. The first-order valence-electron chi connectivity index (χ1n) is 9.55. The van der Waals surface area contributed by atoms with E-state index in [4.69, 9.17) is 13.9 Å². The summed E-state index contributed by atoms with van der Waals surface area (Å²) in [6, 6.07) is 11.1. The van der Waals surface area contributed by atoms with Gasteiger partial charge in [0, 0.05) is 7.05 Å². The summed E-state index contributed by atoms with van der Waals surface area (Å²) in [7, 11) is 2.87. The Morgan fingerprint density at radius 2 is 1.87 bits per heavy atom. The molecule has 0 fully saturated rings. The zero-order valence-electron chi connectivity index (χ0n) is 17.7. The third-order valence-corrected chi connectivity index (χ3v) is 4.65. The van der Waals surface area contributed by atoms with Crippen molar-refractivity contribution < 1.29 is 23.5 Å². The summed E-state index contributed by atoms with van der Waals surface area (Å²) in [5.41, 5.74) is 2.17. The highest BCUT2D eigenvalue weighted by atomic mass is 16.5. The van der Waals surface area contributed by atoms with Gasteiger partial charge >= 0.3 is 5.97 Å². The summed E-state index contributed by atoms with van der Waals surface area (Å²) >= 11 is 0. The molecule has 3 rings (SSSR count). The summed E-state index contributed by atoms with van der Waals surface area (Å²) in [4.78, 5) is 24.6. The largest absolute Gasteiger partial charge is 0.486 e. The first-order chi connectivity index (χ1) is 14.3. The fraction of sp³-hybridized carbons (Fsp3) is 0.318. The van der Waals surface area contributed by atoms with Crippen LogP contribution in [0.2, 0.25) is 0 Å². The van der Waals surface area contributed by atoms with E-state index in [1.165, 1.54) is 17.4 Å². The molecule has 0 bridgehead atoms. The van der Waals surface area contributed by atoms with E-state index in [-0.39, 0.29) is 23.7 Å². The van der Waals surface area contributed by atoms with Crippen molar-refractivity contribution >= 4 is 17.6 Å². The number of hydrogen-bond acceptors (Lipinski definition) is 6. The number of methoxy groups -OCH3 is 1.